The van der Waals surface area contributed by atoms with Gasteiger partial charge in [0.2, 0.25) is 0 Å². The highest BCUT2D eigenvalue weighted by molar-refractivity contribution is 5.21. The van der Waals surface area contributed by atoms with Crippen molar-refractivity contribution >= 4 is 0 Å². The van der Waals surface area contributed by atoms with Crippen molar-refractivity contribution in [3.8, 4) is 0 Å². The molecule has 2 aromatic carbocycles. The van der Waals surface area contributed by atoms with Crippen LogP contribution in [0.1, 0.15) is 30.0 Å². The molecule has 4 rings (SSSR count). The molecule has 21 heavy (non-hydrogen) atoms. The molecule has 2 saturated heterocycles. The summed E-state index contributed by atoms with van der Waals surface area (Å²) in [5, 5.41) is 0. The van der Waals surface area contributed by atoms with Gasteiger partial charge in [-0.2, -0.15) is 0 Å². The summed E-state index contributed by atoms with van der Waals surface area (Å²) in [5.74, 6) is 0.904. The van der Waals surface area contributed by atoms with Gasteiger partial charge in [-0.15, -0.1) is 0 Å². The van der Waals surface area contributed by atoms with E-state index in [1.165, 1.54) is 42.5 Å². The minimum Gasteiger partial charge on any atom is -1.00 e. The highest BCUT2D eigenvalue weighted by Gasteiger charge is 2.54. The van der Waals surface area contributed by atoms with Gasteiger partial charge in [0, 0.05) is 29.9 Å². The first-order chi connectivity index (χ1) is 9.87. The van der Waals surface area contributed by atoms with Gasteiger partial charge in [-0.05, 0) is 0 Å². The number of hydrogen-bond donors (Lipinski definition) is 0. The van der Waals surface area contributed by atoms with Gasteiger partial charge in [0.25, 0.3) is 0 Å². The van der Waals surface area contributed by atoms with Crippen LogP contribution in [0.3, 0.4) is 0 Å². The maximum atomic E-state index is 2.34. The monoisotopic (exact) mass is 299 g/mol. The lowest BCUT2D eigenvalue weighted by Crippen LogP contribution is -3.00. The predicted molar refractivity (Wildman–Crippen MR) is 82.0 cm³/mol. The van der Waals surface area contributed by atoms with E-state index in [1.54, 1.807) is 5.56 Å². The van der Waals surface area contributed by atoms with Gasteiger partial charge in [0.1, 0.15) is 12.6 Å². The normalized spacial score (nSPS) is 30.1. The Hall–Kier alpha value is -1.31. The van der Waals surface area contributed by atoms with Crippen molar-refractivity contribution in [3.63, 3.8) is 0 Å². The third-order valence-corrected chi connectivity index (χ3v) is 5.41. The molecule has 2 aliphatic rings. The van der Waals surface area contributed by atoms with Crippen LogP contribution >= 0.6 is 0 Å². The van der Waals surface area contributed by atoms with Gasteiger partial charge in [0.15, 0.2) is 0 Å². The SMILES string of the molecule is [Cl-].c1ccc(C[N+]23CCC(CC2)C3c2ccccc2)cc1. The van der Waals surface area contributed by atoms with E-state index in [-0.39, 0.29) is 12.4 Å². The second-order valence-corrected chi connectivity index (χ2v) is 6.50. The number of quaternary nitrogens is 1. The minimum atomic E-state index is 0. The van der Waals surface area contributed by atoms with Gasteiger partial charge >= 0.3 is 0 Å². The predicted octanol–water partition coefficient (Wildman–Crippen LogP) is 1.17. The van der Waals surface area contributed by atoms with Crippen LogP contribution in [-0.2, 0) is 6.54 Å². The van der Waals surface area contributed by atoms with Crippen LogP contribution < -0.4 is 12.4 Å². The summed E-state index contributed by atoms with van der Waals surface area (Å²) < 4.78 is 1.29. The zero-order chi connectivity index (χ0) is 13.4. The summed E-state index contributed by atoms with van der Waals surface area (Å²) in [6, 6.07) is 23.0. The topological polar surface area (TPSA) is 0 Å². The Morgan fingerprint density at radius 3 is 2.00 bits per heavy atom. The number of benzene rings is 2. The second-order valence-electron chi connectivity index (χ2n) is 6.50. The standard InChI is InChI=1S/C19H22N.ClH/c1-3-7-16(8-4-1)15-20-13-11-18(12-14-20)19(20)17-9-5-2-6-10-17;/h1-10,18-19H,11-15H2;1H/q+1;/p-1. The summed E-state index contributed by atoms with van der Waals surface area (Å²) in [4.78, 5) is 0. The molecule has 0 aromatic heterocycles. The molecule has 0 radical (unpaired) electrons. The Balaban J connectivity index is 0.00000132. The fraction of sp³-hybridized carbons (Fsp3) is 0.368. The number of halogens is 1. The second kappa shape index (κ2) is 5.82. The van der Waals surface area contributed by atoms with E-state index < -0.39 is 0 Å². The maximum absolute atomic E-state index is 2.34. The molecule has 0 spiro atoms. The van der Waals surface area contributed by atoms with Gasteiger partial charge < -0.3 is 16.9 Å². The number of fused-ring (bicyclic) bond motifs is 2. The Kier molecular flexibility index (Phi) is 4.05. The largest absolute Gasteiger partial charge is 1.00 e. The van der Waals surface area contributed by atoms with Crippen LogP contribution in [-0.4, -0.2) is 17.6 Å². The Labute approximate surface area is 133 Å². The lowest BCUT2D eigenvalue weighted by molar-refractivity contribution is -0.949. The van der Waals surface area contributed by atoms with E-state index in [4.69, 9.17) is 0 Å². The van der Waals surface area contributed by atoms with Crippen molar-refractivity contribution in [2.45, 2.75) is 25.4 Å². The van der Waals surface area contributed by atoms with Crippen LogP contribution in [0.2, 0.25) is 0 Å². The fourth-order valence-electron chi connectivity index (χ4n) is 4.59. The third kappa shape index (κ3) is 2.49. The van der Waals surface area contributed by atoms with Crippen molar-refractivity contribution in [3.05, 3.63) is 71.8 Å². The fourth-order valence-corrected chi connectivity index (χ4v) is 4.59. The number of piperidine rings is 1. The molecular weight excluding hydrogens is 278 g/mol. The summed E-state index contributed by atoms with van der Waals surface area (Å²) in [6.07, 6.45) is 2.82. The Bertz CT molecular complexity index is 573. The average molecular weight is 300 g/mol. The molecule has 1 nitrogen and oxygen atoms in total. The molecule has 2 aromatic rings. The van der Waals surface area contributed by atoms with Gasteiger partial charge in [0.05, 0.1) is 13.1 Å². The van der Waals surface area contributed by atoms with Gasteiger partial charge in [-0.25, -0.2) is 0 Å². The zero-order valence-electron chi connectivity index (χ0n) is 12.3. The molecule has 2 heterocycles. The first kappa shape index (κ1) is 14.6. The Morgan fingerprint density at radius 1 is 0.810 bits per heavy atom. The van der Waals surface area contributed by atoms with E-state index >= 15 is 0 Å². The molecule has 110 valence electrons. The van der Waals surface area contributed by atoms with Gasteiger partial charge in [-0.1, -0.05) is 60.7 Å². The lowest BCUT2D eigenvalue weighted by atomic mass is 9.94. The van der Waals surface area contributed by atoms with Crippen molar-refractivity contribution in [2.75, 3.05) is 13.1 Å². The molecule has 2 aliphatic heterocycles. The molecule has 2 fully saturated rings. The molecular formula is C19H22ClN. The lowest BCUT2D eigenvalue weighted by Gasteiger charge is -2.37. The highest BCUT2D eigenvalue weighted by Crippen LogP contribution is 2.52. The Morgan fingerprint density at radius 2 is 1.38 bits per heavy atom. The smallest absolute Gasteiger partial charge is 0.118 e. The number of rotatable bonds is 3. The third-order valence-electron chi connectivity index (χ3n) is 5.41. The molecule has 1 atom stereocenters. The van der Waals surface area contributed by atoms with E-state index in [0.29, 0.717) is 0 Å². The van der Waals surface area contributed by atoms with Crippen molar-refractivity contribution in [2.24, 2.45) is 5.92 Å². The summed E-state index contributed by atoms with van der Waals surface area (Å²) >= 11 is 0. The highest BCUT2D eigenvalue weighted by atomic mass is 35.5. The van der Waals surface area contributed by atoms with Gasteiger partial charge in [-0.3, -0.25) is 0 Å². The maximum Gasteiger partial charge on any atom is 0.118 e. The van der Waals surface area contributed by atoms with Crippen LogP contribution in [0.25, 0.3) is 0 Å². The van der Waals surface area contributed by atoms with Crippen LogP contribution in [0, 0.1) is 5.92 Å². The molecule has 2 bridgehead atoms. The van der Waals surface area contributed by atoms with E-state index in [0.717, 1.165) is 12.0 Å². The van der Waals surface area contributed by atoms with Crippen LogP contribution in [0.4, 0.5) is 0 Å². The molecule has 1 unspecified atom stereocenters. The number of hydrogen-bond acceptors (Lipinski definition) is 0. The van der Waals surface area contributed by atoms with E-state index in [2.05, 4.69) is 60.7 Å². The summed E-state index contributed by atoms with van der Waals surface area (Å²) in [7, 11) is 0. The first-order valence-corrected chi connectivity index (χ1v) is 7.82. The summed E-state index contributed by atoms with van der Waals surface area (Å²) in [6.45, 7) is 3.93. The van der Waals surface area contributed by atoms with Crippen molar-refractivity contribution in [1.29, 1.82) is 0 Å². The van der Waals surface area contributed by atoms with E-state index in [1.807, 2.05) is 0 Å². The first-order valence-electron chi connectivity index (χ1n) is 7.82. The van der Waals surface area contributed by atoms with Crippen molar-refractivity contribution in [1.82, 2.24) is 0 Å². The number of nitrogens with zero attached hydrogens (tertiary/aromatic N) is 1. The molecule has 0 saturated carbocycles. The molecule has 0 aliphatic carbocycles. The molecule has 0 amide bonds. The van der Waals surface area contributed by atoms with E-state index in [9.17, 15) is 0 Å². The summed E-state index contributed by atoms with van der Waals surface area (Å²) in [5.41, 5.74) is 3.06. The zero-order valence-corrected chi connectivity index (χ0v) is 13.0. The quantitative estimate of drug-likeness (QED) is 0.747. The van der Waals surface area contributed by atoms with Crippen LogP contribution in [0.15, 0.2) is 60.7 Å². The van der Waals surface area contributed by atoms with Crippen LogP contribution in [0.5, 0.6) is 0 Å². The minimum absolute atomic E-state index is 0. The van der Waals surface area contributed by atoms with Crippen molar-refractivity contribution < 1.29 is 16.9 Å². The average Bonchev–Trinajstić information content (AvgIpc) is 3.04. The molecule has 0 N–H and O–H groups in total. The molecule has 2 heteroatoms.